The van der Waals surface area contributed by atoms with Gasteiger partial charge in [-0.25, -0.2) is 0 Å². The van der Waals surface area contributed by atoms with E-state index in [0.29, 0.717) is 4.91 Å². The predicted molar refractivity (Wildman–Crippen MR) is 93.8 cm³/mol. The van der Waals surface area contributed by atoms with Crippen LogP contribution in [0.4, 0.5) is 4.79 Å². The highest BCUT2D eigenvalue weighted by Crippen LogP contribution is 2.29. The van der Waals surface area contributed by atoms with Crippen LogP contribution in [0.2, 0.25) is 0 Å². The van der Waals surface area contributed by atoms with Crippen LogP contribution in [0, 0.1) is 27.7 Å². The molecule has 1 N–H and O–H groups in total. The number of aromatic nitrogens is 1. The number of imide groups is 1. The first-order chi connectivity index (χ1) is 10.8. The maximum absolute atomic E-state index is 11.7. The number of thioether (sulfide) groups is 1. The Morgan fingerprint density at radius 3 is 2.22 bits per heavy atom. The minimum Gasteiger partial charge on any atom is -0.318 e. The molecule has 0 aliphatic carbocycles. The third-order valence-corrected chi connectivity index (χ3v) is 4.67. The Balaban J connectivity index is 2.08. The number of aryl methyl sites for hydroxylation is 3. The fourth-order valence-corrected chi connectivity index (χ4v) is 3.65. The molecule has 1 fully saturated rings. The molecule has 0 spiro atoms. The zero-order chi connectivity index (χ0) is 16.7. The molecule has 118 valence electrons. The second kappa shape index (κ2) is 5.74. The molecule has 1 saturated heterocycles. The molecule has 0 radical (unpaired) electrons. The third-order valence-electron chi connectivity index (χ3n) is 3.86. The quantitative estimate of drug-likeness (QED) is 0.848. The van der Waals surface area contributed by atoms with Crippen LogP contribution < -0.4 is 5.32 Å². The molecule has 23 heavy (non-hydrogen) atoms. The Bertz CT molecular complexity index is 842. The van der Waals surface area contributed by atoms with Crippen LogP contribution in [0.5, 0.6) is 0 Å². The summed E-state index contributed by atoms with van der Waals surface area (Å²) in [5.41, 5.74) is 6.63. The standard InChI is InChI=1S/C18H18N2O2S/c1-10-5-11(2)7-15(6-10)20-12(3)8-14(13(20)4)9-16-17(21)19-18(22)23-16/h5-9H,1-4H3,(H,19,21,22)/b16-9-. The first kappa shape index (κ1) is 15.6. The van der Waals surface area contributed by atoms with Crippen molar-refractivity contribution in [2.45, 2.75) is 27.7 Å². The van der Waals surface area contributed by atoms with Crippen molar-refractivity contribution in [2.24, 2.45) is 0 Å². The Kier molecular flexibility index (Phi) is 3.90. The fourth-order valence-electron chi connectivity index (χ4n) is 2.97. The number of amides is 2. The molecule has 2 amide bonds. The molecule has 1 aliphatic heterocycles. The lowest BCUT2D eigenvalue weighted by atomic mass is 10.1. The van der Waals surface area contributed by atoms with Crippen molar-refractivity contribution < 1.29 is 9.59 Å². The summed E-state index contributed by atoms with van der Waals surface area (Å²) < 4.78 is 2.17. The average molecular weight is 326 g/mol. The Morgan fingerprint density at radius 1 is 1.00 bits per heavy atom. The lowest BCUT2D eigenvalue weighted by Gasteiger charge is -2.12. The van der Waals surface area contributed by atoms with E-state index in [4.69, 9.17) is 0 Å². The van der Waals surface area contributed by atoms with Gasteiger partial charge in [0.1, 0.15) is 0 Å². The molecule has 0 saturated carbocycles. The zero-order valence-corrected chi connectivity index (χ0v) is 14.4. The van der Waals surface area contributed by atoms with Gasteiger partial charge in [-0.1, -0.05) is 6.07 Å². The summed E-state index contributed by atoms with van der Waals surface area (Å²) in [4.78, 5) is 23.5. The summed E-state index contributed by atoms with van der Waals surface area (Å²) in [6.07, 6.45) is 1.78. The number of hydrogen-bond acceptors (Lipinski definition) is 3. The van der Waals surface area contributed by atoms with E-state index in [1.54, 1.807) is 6.08 Å². The van der Waals surface area contributed by atoms with Gasteiger partial charge in [-0.05, 0) is 80.4 Å². The van der Waals surface area contributed by atoms with Gasteiger partial charge in [-0.15, -0.1) is 0 Å². The number of nitrogens with zero attached hydrogens (tertiary/aromatic N) is 1. The largest absolute Gasteiger partial charge is 0.318 e. The minimum atomic E-state index is -0.323. The highest BCUT2D eigenvalue weighted by atomic mass is 32.2. The van der Waals surface area contributed by atoms with Crippen LogP contribution in [0.3, 0.4) is 0 Å². The number of benzene rings is 1. The molecule has 2 aromatic rings. The Hall–Kier alpha value is -2.27. The van der Waals surface area contributed by atoms with Gasteiger partial charge in [0.25, 0.3) is 11.1 Å². The maximum Gasteiger partial charge on any atom is 0.290 e. The number of rotatable bonds is 2. The van der Waals surface area contributed by atoms with E-state index in [2.05, 4.69) is 41.9 Å². The second-order valence-corrected chi connectivity index (χ2v) is 6.87. The first-order valence-electron chi connectivity index (χ1n) is 7.37. The average Bonchev–Trinajstić information content (AvgIpc) is 2.88. The molecule has 0 unspecified atom stereocenters. The van der Waals surface area contributed by atoms with Crippen LogP contribution in [0.1, 0.15) is 28.1 Å². The molecule has 1 aromatic carbocycles. The number of nitrogens with one attached hydrogen (secondary N) is 1. The lowest BCUT2D eigenvalue weighted by molar-refractivity contribution is -0.115. The smallest absolute Gasteiger partial charge is 0.290 e. The third kappa shape index (κ3) is 2.97. The molecule has 0 atom stereocenters. The maximum atomic E-state index is 11.7. The van der Waals surface area contributed by atoms with E-state index >= 15 is 0 Å². The van der Waals surface area contributed by atoms with Gasteiger partial charge < -0.3 is 4.57 Å². The Labute approximate surface area is 139 Å². The number of hydrogen-bond donors (Lipinski definition) is 1. The van der Waals surface area contributed by atoms with E-state index in [-0.39, 0.29) is 11.1 Å². The van der Waals surface area contributed by atoms with Crippen LogP contribution in [-0.4, -0.2) is 15.7 Å². The van der Waals surface area contributed by atoms with E-state index in [1.807, 2.05) is 19.9 Å². The Morgan fingerprint density at radius 2 is 1.65 bits per heavy atom. The molecule has 1 aromatic heterocycles. The summed E-state index contributed by atoms with van der Waals surface area (Å²) in [7, 11) is 0. The van der Waals surface area contributed by atoms with Crippen LogP contribution >= 0.6 is 11.8 Å². The van der Waals surface area contributed by atoms with Crippen molar-refractivity contribution in [3.8, 4) is 5.69 Å². The van der Waals surface area contributed by atoms with E-state index in [0.717, 1.165) is 34.4 Å². The summed E-state index contributed by atoms with van der Waals surface area (Å²) in [5, 5.41) is 1.97. The van der Waals surface area contributed by atoms with Gasteiger partial charge in [0.2, 0.25) is 0 Å². The summed E-state index contributed by atoms with van der Waals surface area (Å²) in [6, 6.07) is 8.47. The van der Waals surface area contributed by atoms with E-state index < -0.39 is 0 Å². The molecule has 5 heteroatoms. The SMILES string of the molecule is Cc1cc(C)cc(-n2c(C)cc(/C=C3\SC(=O)NC3=O)c2C)c1. The molecular formula is C18H18N2O2S. The van der Waals surface area contributed by atoms with Crippen LogP contribution in [0.25, 0.3) is 11.8 Å². The van der Waals surface area contributed by atoms with E-state index in [1.165, 1.54) is 11.1 Å². The summed E-state index contributed by atoms with van der Waals surface area (Å²) in [6.45, 7) is 8.23. The predicted octanol–water partition coefficient (Wildman–Crippen LogP) is 4.03. The van der Waals surface area contributed by atoms with Gasteiger partial charge in [0, 0.05) is 17.1 Å². The normalized spacial score (nSPS) is 16.3. The number of carbonyl (C=O) groups is 2. The van der Waals surface area contributed by atoms with Crippen molar-refractivity contribution in [1.82, 2.24) is 9.88 Å². The van der Waals surface area contributed by atoms with Crippen LogP contribution in [-0.2, 0) is 4.79 Å². The molecule has 4 nitrogen and oxygen atoms in total. The van der Waals surface area contributed by atoms with Gasteiger partial charge in [0.05, 0.1) is 4.91 Å². The van der Waals surface area contributed by atoms with Crippen molar-refractivity contribution in [1.29, 1.82) is 0 Å². The zero-order valence-electron chi connectivity index (χ0n) is 13.6. The second-order valence-electron chi connectivity index (χ2n) is 5.86. The van der Waals surface area contributed by atoms with Gasteiger partial charge in [-0.3, -0.25) is 14.9 Å². The van der Waals surface area contributed by atoms with Crippen molar-refractivity contribution in [3.63, 3.8) is 0 Å². The molecule has 1 aliphatic rings. The van der Waals surface area contributed by atoms with Crippen LogP contribution in [0.15, 0.2) is 29.2 Å². The van der Waals surface area contributed by atoms with Gasteiger partial charge in [-0.2, -0.15) is 0 Å². The van der Waals surface area contributed by atoms with Gasteiger partial charge in [0.15, 0.2) is 0 Å². The van der Waals surface area contributed by atoms with E-state index in [9.17, 15) is 9.59 Å². The summed E-state index contributed by atoms with van der Waals surface area (Å²) >= 11 is 0.945. The van der Waals surface area contributed by atoms with Crippen molar-refractivity contribution >= 4 is 29.0 Å². The highest BCUT2D eigenvalue weighted by Gasteiger charge is 2.25. The molecular weight excluding hydrogens is 308 g/mol. The highest BCUT2D eigenvalue weighted by molar-refractivity contribution is 8.18. The fraction of sp³-hybridized carbons (Fsp3) is 0.222. The lowest BCUT2D eigenvalue weighted by Crippen LogP contribution is -2.17. The van der Waals surface area contributed by atoms with Gasteiger partial charge >= 0.3 is 0 Å². The number of carbonyl (C=O) groups excluding carboxylic acids is 2. The molecule has 2 heterocycles. The monoisotopic (exact) mass is 326 g/mol. The summed E-state index contributed by atoms with van der Waals surface area (Å²) in [5.74, 6) is -0.323. The van der Waals surface area contributed by atoms with Crippen molar-refractivity contribution in [3.05, 3.63) is 57.2 Å². The van der Waals surface area contributed by atoms with Crippen molar-refractivity contribution in [2.75, 3.05) is 0 Å². The molecule has 0 bridgehead atoms. The molecule has 3 rings (SSSR count). The topological polar surface area (TPSA) is 51.1 Å². The minimum absolute atomic E-state index is 0.315. The first-order valence-corrected chi connectivity index (χ1v) is 8.19.